The van der Waals surface area contributed by atoms with Crippen molar-refractivity contribution in [2.45, 2.75) is 18.9 Å². The highest BCUT2D eigenvalue weighted by molar-refractivity contribution is 9.10. The van der Waals surface area contributed by atoms with E-state index in [2.05, 4.69) is 15.9 Å². The molecule has 0 fully saturated rings. The lowest BCUT2D eigenvalue weighted by atomic mass is 9.92. The van der Waals surface area contributed by atoms with Crippen LogP contribution in [0, 0.1) is 0 Å². The number of halogens is 2. The largest absolute Gasteiger partial charge is 0.385 e. The molecule has 1 unspecified atom stereocenters. The predicted molar refractivity (Wildman–Crippen MR) is 76.7 cm³/mol. The third-order valence-corrected chi connectivity index (χ3v) is 4.52. The van der Waals surface area contributed by atoms with Crippen LogP contribution in [0.15, 0.2) is 40.9 Å². The van der Waals surface area contributed by atoms with E-state index in [0.717, 1.165) is 19.2 Å². The van der Waals surface area contributed by atoms with Crippen molar-refractivity contribution >= 4 is 38.9 Å². The molecule has 0 aliphatic rings. The quantitative estimate of drug-likeness (QED) is 0.870. The molecule has 2 rings (SSSR count). The van der Waals surface area contributed by atoms with Crippen molar-refractivity contribution < 1.29 is 5.11 Å². The SMILES string of the molecule is CC(O)(Cc1ccc(Cl)s1)c1ccccc1Br. The second-order valence-corrected chi connectivity index (χ2v) is 6.79. The molecule has 1 aromatic carbocycles. The van der Waals surface area contributed by atoms with Crippen LogP contribution in [0.25, 0.3) is 0 Å². The Morgan fingerprint density at radius 1 is 1.29 bits per heavy atom. The lowest BCUT2D eigenvalue weighted by Crippen LogP contribution is -2.24. The van der Waals surface area contributed by atoms with E-state index in [0.29, 0.717) is 6.42 Å². The molecule has 0 amide bonds. The van der Waals surface area contributed by atoms with Crippen LogP contribution in [-0.2, 0) is 12.0 Å². The van der Waals surface area contributed by atoms with E-state index in [1.165, 1.54) is 11.3 Å². The molecule has 4 heteroatoms. The fraction of sp³-hybridized carbons (Fsp3) is 0.231. The van der Waals surface area contributed by atoms with Crippen molar-refractivity contribution in [2.24, 2.45) is 0 Å². The van der Waals surface area contributed by atoms with E-state index in [1.807, 2.05) is 43.3 Å². The van der Waals surface area contributed by atoms with Crippen LogP contribution in [0.2, 0.25) is 4.34 Å². The van der Waals surface area contributed by atoms with Gasteiger partial charge in [0.2, 0.25) is 0 Å². The number of hydrogen-bond donors (Lipinski definition) is 1. The summed E-state index contributed by atoms with van der Waals surface area (Å²) in [6.45, 7) is 1.82. The molecule has 1 atom stereocenters. The van der Waals surface area contributed by atoms with Gasteiger partial charge in [0.1, 0.15) is 0 Å². The first-order valence-electron chi connectivity index (χ1n) is 5.20. The number of rotatable bonds is 3. The van der Waals surface area contributed by atoms with Gasteiger partial charge in [0.25, 0.3) is 0 Å². The molecule has 1 N–H and O–H groups in total. The highest BCUT2D eigenvalue weighted by Crippen LogP contribution is 2.33. The van der Waals surface area contributed by atoms with Crippen molar-refractivity contribution in [1.82, 2.24) is 0 Å². The third kappa shape index (κ3) is 3.10. The van der Waals surface area contributed by atoms with Crippen molar-refractivity contribution in [2.75, 3.05) is 0 Å². The highest BCUT2D eigenvalue weighted by atomic mass is 79.9. The molecule has 2 aromatic rings. The van der Waals surface area contributed by atoms with Gasteiger partial charge in [0.05, 0.1) is 9.94 Å². The van der Waals surface area contributed by atoms with Gasteiger partial charge in [-0.2, -0.15) is 0 Å². The van der Waals surface area contributed by atoms with Gasteiger partial charge in [-0.15, -0.1) is 11.3 Å². The first-order valence-corrected chi connectivity index (χ1v) is 7.19. The number of thiophene rings is 1. The Bertz CT molecular complexity index is 522. The molecule has 1 heterocycles. The second-order valence-electron chi connectivity index (χ2n) is 4.14. The van der Waals surface area contributed by atoms with Gasteiger partial charge in [-0.25, -0.2) is 0 Å². The van der Waals surface area contributed by atoms with Crippen molar-refractivity contribution in [3.05, 3.63) is 55.6 Å². The molecule has 1 aromatic heterocycles. The number of hydrogen-bond acceptors (Lipinski definition) is 2. The molecule has 0 aliphatic heterocycles. The van der Waals surface area contributed by atoms with Crippen LogP contribution < -0.4 is 0 Å². The number of aliphatic hydroxyl groups is 1. The summed E-state index contributed by atoms with van der Waals surface area (Å²) in [6.07, 6.45) is 0.562. The Balaban J connectivity index is 2.27. The van der Waals surface area contributed by atoms with Gasteiger partial charge in [-0.3, -0.25) is 0 Å². The molecule has 0 radical (unpaired) electrons. The van der Waals surface area contributed by atoms with E-state index >= 15 is 0 Å². The van der Waals surface area contributed by atoms with Gasteiger partial charge in [-0.05, 0) is 30.7 Å². The smallest absolute Gasteiger partial charge is 0.0931 e. The summed E-state index contributed by atoms with van der Waals surface area (Å²) in [4.78, 5) is 1.08. The lowest BCUT2D eigenvalue weighted by molar-refractivity contribution is 0.0577. The van der Waals surface area contributed by atoms with Crippen molar-refractivity contribution in [3.63, 3.8) is 0 Å². The molecular weight excluding hydrogens is 320 g/mol. The molecule has 0 bridgehead atoms. The van der Waals surface area contributed by atoms with Gasteiger partial charge in [0, 0.05) is 15.8 Å². The van der Waals surface area contributed by atoms with Crippen LogP contribution in [0.3, 0.4) is 0 Å². The van der Waals surface area contributed by atoms with Gasteiger partial charge in [-0.1, -0.05) is 45.7 Å². The molecule has 17 heavy (non-hydrogen) atoms. The zero-order valence-electron chi connectivity index (χ0n) is 9.28. The fourth-order valence-electron chi connectivity index (χ4n) is 1.78. The average Bonchev–Trinajstić information content (AvgIpc) is 2.63. The molecule has 1 nitrogen and oxygen atoms in total. The summed E-state index contributed by atoms with van der Waals surface area (Å²) in [5, 5.41) is 10.6. The Morgan fingerprint density at radius 3 is 2.59 bits per heavy atom. The highest BCUT2D eigenvalue weighted by Gasteiger charge is 2.26. The summed E-state index contributed by atoms with van der Waals surface area (Å²) < 4.78 is 1.68. The van der Waals surface area contributed by atoms with E-state index in [4.69, 9.17) is 11.6 Å². The average molecular weight is 332 g/mol. The van der Waals surface area contributed by atoms with Crippen molar-refractivity contribution in [3.8, 4) is 0 Å². The van der Waals surface area contributed by atoms with Crippen LogP contribution in [0.1, 0.15) is 17.4 Å². The summed E-state index contributed by atoms with van der Waals surface area (Å²) >= 11 is 10.9. The van der Waals surface area contributed by atoms with Crippen LogP contribution >= 0.6 is 38.9 Å². The monoisotopic (exact) mass is 330 g/mol. The molecule has 90 valence electrons. The van der Waals surface area contributed by atoms with Crippen LogP contribution in [-0.4, -0.2) is 5.11 Å². The molecule has 0 saturated heterocycles. The second kappa shape index (κ2) is 5.11. The van der Waals surface area contributed by atoms with Crippen LogP contribution in [0.4, 0.5) is 0 Å². The summed E-state index contributed by atoms with van der Waals surface area (Å²) in [5.41, 5.74) is -0.00149. The Kier molecular flexibility index (Phi) is 3.93. The van der Waals surface area contributed by atoms with E-state index in [9.17, 15) is 5.11 Å². The maximum Gasteiger partial charge on any atom is 0.0931 e. The Hall–Kier alpha value is -0.350. The van der Waals surface area contributed by atoms with E-state index in [1.54, 1.807) is 0 Å². The Labute approximate surface area is 118 Å². The lowest BCUT2D eigenvalue weighted by Gasteiger charge is -2.24. The minimum atomic E-state index is -0.895. The van der Waals surface area contributed by atoms with E-state index in [-0.39, 0.29) is 0 Å². The summed E-state index contributed by atoms with van der Waals surface area (Å²) in [6, 6.07) is 11.5. The summed E-state index contributed by atoms with van der Waals surface area (Å²) in [5.74, 6) is 0. The zero-order chi connectivity index (χ0) is 12.5. The predicted octanol–water partition coefficient (Wildman–Crippen LogP) is 4.61. The molecule has 0 aliphatic carbocycles. The van der Waals surface area contributed by atoms with Gasteiger partial charge >= 0.3 is 0 Å². The minimum absolute atomic E-state index is 0.562. The van der Waals surface area contributed by atoms with Gasteiger partial charge < -0.3 is 5.11 Å². The molecular formula is C13H12BrClOS. The molecule has 0 spiro atoms. The normalized spacial score (nSPS) is 14.6. The first-order chi connectivity index (χ1) is 7.99. The maximum absolute atomic E-state index is 10.6. The standard InChI is InChI=1S/C13H12BrClOS/c1-13(16,8-9-6-7-12(15)17-9)10-4-2-3-5-11(10)14/h2-7,16H,8H2,1H3. The fourth-order valence-corrected chi connectivity index (χ4v) is 3.73. The van der Waals surface area contributed by atoms with Crippen molar-refractivity contribution in [1.29, 1.82) is 0 Å². The van der Waals surface area contributed by atoms with Crippen LogP contribution in [0.5, 0.6) is 0 Å². The number of benzene rings is 1. The molecule has 0 saturated carbocycles. The summed E-state index contributed by atoms with van der Waals surface area (Å²) in [7, 11) is 0. The minimum Gasteiger partial charge on any atom is -0.385 e. The van der Waals surface area contributed by atoms with E-state index < -0.39 is 5.60 Å². The maximum atomic E-state index is 10.6. The van der Waals surface area contributed by atoms with Gasteiger partial charge in [0.15, 0.2) is 0 Å². The first kappa shape index (κ1) is 13.1. The third-order valence-electron chi connectivity index (χ3n) is 2.60. The topological polar surface area (TPSA) is 20.2 Å². The Morgan fingerprint density at radius 2 is 2.00 bits per heavy atom. The zero-order valence-corrected chi connectivity index (χ0v) is 12.4.